The van der Waals surface area contributed by atoms with E-state index in [-0.39, 0.29) is 0 Å². The second-order valence-electron chi connectivity index (χ2n) is 8.05. The molecule has 6 nitrogen and oxygen atoms in total. The normalized spacial score (nSPS) is 20.3. The monoisotopic (exact) mass is 395 g/mol. The van der Waals surface area contributed by atoms with Crippen molar-refractivity contribution in [2.75, 3.05) is 49.2 Å². The van der Waals surface area contributed by atoms with Crippen LogP contribution < -0.4 is 9.80 Å². The van der Waals surface area contributed by atoms with Crippen LogP contribution in [0.5, 0.6) is 0 Å². The molecule has 2 aliphatic heterocycles. The van der Waals surface area contributed by atoms with E-state index in [1.807, 2.05) is 0 Å². The molecule has 7 heteroatoms. The number of thiophene rings is 1. The van der Waals surface area contributed by atoms with Crippen molar-refractivity contribution in [2.45, 2.75) is 38.5 Å². The lowest BCUT2D eigenvalue weighted by molar-refractivity contribution is 0.122. The van der Waals surface area contributed by atoms with Crippen LogP contribution in [0.15, 0.2) is 6.33 Å². The molecule has 3 aromatic heterocycles. The first kappa shape index (κ1) is 16.9. The molecule has 2 fully saturated rings. The lowest BCUT2D eigenvalue weighted by atomic mass is 9.90. The minimum absolute atomic E-state index is 0.797. The van der Waals surface area contributed by atoms with Gasteiger partial charge in [-0.15, -0.1) is 11.3 Å². The van der Waals surface area contributed by atoms with Crippen molar-refractivity contribution in [3.63, 3.8) is 0 Å². The maximum Gasteiger partial charge on any atom is 0.150 e. The summed E-state index contributed by atoms with van der Waals surface area (Å²) < 4.78 is 6.80. The second kappa shape index (κ2) is 6.81. The molecule has 0 aromatic carbocycles. The Bertz CT molecular complexity index is 1040. The van der Waals surface area contributed by atoms with Gasteiger partial charge in [0.2, 0.25) is 0 Å². The average Bonchev–Trinajstić information content (AvgIpc) is 3.41. The van der Waals surface area contributed by atoms with Crippen molar-refractivity contribution in [1.29, 1.82) is 0 Å². The minimum atomic E-state index is 0.797. The molecule has 146 valence electrons. The van der Waals surface area contributed by atoms with Gasteiger partial charge in [-0.1, -0.05) is 0 Å². The summed E-state index contributed by atoms with van der Waals surface area (Å²) in [4.78, 5) is 20.6. The lowest BCUT2D eigenvalue weighted by Crippen LogP contribution is -2.37. The third kappa shape index (κ3) is 2.59. The van der Waals surface area contributed by atoms with Gasteiger partial charge < -0.3 is 14.5 Å². The van der Waals surface area contributed by atoms with Crippen LogP contribution >= 0.6 is 11.3 Å². The van der Waals surface area contributed by atoms with Crippen molar-refractivity contribution in [3.05, 3.63) is 17.5 Å². The van der Waals surface area contributed by atoms with Gasteiger partial charge in [0.15, 0.2) is 0 Å². The maximum absolute atomic E-state index is 5.58. The van der Waals surface area contributed by atoms with E-state index in [2.05, 4.69) is 14.8 Å². The SMILES string of the molecule is c1nc(N2CCCC2)c2sc3nc(N4CCOCC4)c4c(c3c2n1)CCCC4. The van der Waals surface area contributed by atoms with Crippen molar-refractivity contribution in [3.8, 4) is 0 Å². The van der Waals surface area contributed by atoms with Crippen LogP contribution in [-0.2, 0) is 17.6 Å². The molecule has 3 aliphatic rings. The molecule has 0 atom stereocenters. The lowest BCUT2D eigenvalue weighted by Gasteiger charge is -2.31. The third-order valence-electron chi connectivity index (χ3n) is 6.40. The third-order valence-corrected chi connectivity index (χ3v) is 7.47. The Kier molecular flexibility index (Phi) is 4.12. The number of hydrogen-bond acceptors (Lipinski definition) is 7. The molecule has 5 heterocycles. The molecular formula is C21H25N5OS. The smallest absolute Gasteiger partial charge is 0.150 e. The fraction of sp³-hybridized carbons (Fsp3) is 0.571. The molecule has 0 spiro atoms. The van der Waals surface area contributed by atoms with E-state index in [0.717, 1.165) is 68.4 Å². The Labute approximate surface area is 168 Å². The predicted octanol–water partition coefficient (Wildman–Crippen LogP) is 3.56. The zero-order chi connectivity index (χ0) is 18.5. The molecule has 0 saturated carbocycles. The van der Waals surface area contributed by atoms with Crippen molar-refractivity contribution < 1.29 is 4.74 Å². The Morgan fingerprint density at radius 3 is 2.39 bits per heavy atom. The van der Waals surface area contributed by atoms with Gasteiger partial charge in [0.1, 0.15) is 22.8 Å². The Balaban J connectivity index is 1.59. The molecule has 2 saturated heterocycles. The Morgan fingerprint density at radius 2 is 1.57 bits per heavy atom. The van der Waals surface area contributed by atoms with Gasteiger partial charge in [0, 0.05) is 31.6 Å². The molecule has 28 heavy (non-hydrogen) atoms. The number of hydrogen-bond donors (Lipinski definition) is 0. The number of ether oxygens (including phenoxy) is 1. The van der Waals surface area contributed by atoms with Gasteiger partial charge in [-0.3, -0.25) is 0 Å². The number of anilines is 2. The van der Waals surface area contributed by atoms with Gasteiger partial charge in [0.05, 0.1) is 23.4 Å². The van der Waals surface area contributed by atoms with Crippen molar-refractivity contribution in [2.24, 2.45) is 0 Å². The summed E-state index contributed by atoms with van der Waals surface area (Å²) in [6.45, 7) is 5.68. The summed E-state index contributed by atoms with van der Waals surface area (Å²) in [7, 11) is 0. The van der Waals surface area contributed by atoms with Gasteiger partial charge >= 0.3 is 0 Å². The highest BCUT2D eigenvalue weighted by Gasteiger charge is 2.27. The molecule has 1 aliphatic carbocycles. The standard InChI is InChI=1S/C21H25N5OS/c1-2-6-15-14(5-1)16-17-18(20(23-13-22-17)25-7-3-4-8-25)28-21(16)24-19(15)26-9-11-27-12-10-26/h13H,1-12H2. The van der Waals surface area contributed by atoms with Crippen LogP contribution in [0.2, 0.25) is 0 Å². The van der Waals surface area contributed by atoms with E-state index in [0.29, 0.717) is 0 Å². The van der Waals surface area contributed by atoms with Gasteiger partial charge in [-0.25, -0.2) is 15.0 Å². The van der Waals surface area contributed by atoms with Gasteiger partial charge in [-0.2, -0.15) is 0 Å². The highest BCUT2D eigenvalue weighted by atomic mass is 32.1. The predicted molar refractivity (Wildman–Crippen MR) is 114 cm³/mol. The topological polar surface area (TPSA) is 54.4 Å². The van der Waals surface area contributed by atoms with E-state index >= 15 is 0 Å². The van der Waals surface area contributed by atoms with E-state index in [9.17, 15) is 0 Å². The molecule has 3 aromatic rings. The van der Waals surface area contributed by atoms with Gasteiger partial charge in [-0.05, 0) is 49.7 Å². The van der Waals surface area contributed by atoms with Crippen LogP contribution in [0.1, 0.15) is 36.8 Å². The summed E-state index contributed by atoms with van der Waals surface area (Å²) in [5.41, 5.74) is 4.08. The molecule has 0 unspecified atom stereocenters. The number of pyridine rings is 1. The van der Waals surface area contributed by atoms with E-state index < -0.39 is 0 Å². The summed E-state index contributed by atoms with van der Waals surface area (Å²) >= 11 is 1.79. The van der Waals surface area contributed by atoms with E-state index in [1.165, 1.54) is 52.7 Å². The largest absolute Gasteiger partial charge is 0.378 e. The first-order chi connectivity index (χ1) is 13.9. The Hall–Kier alpha value is -1.99. The molecular weight excluding hydrogens is 370 g/mol. The fourth-order valence-corrected chi connectivity index (χ4v) is 6.19. The summed E-state index contributed by atoms with van der Waals surface area (Å²) in [5, 5.41) is 1.30. The van der Waals surface area contributed by atoms with Gasteiger partial charge in [0.25, 0.3) is 0 Å². The number of aryl methyl sites for hydroxylation is 1. The highest BCUT2D eigenvalue weighted by Crippen LogP contribution is 2.43. The Morgan fingerprint density at radius 1 is 0.821 bits per heavy atom. The van der Waals surface area contributed by atoms with Crippen molar-refractivity contribution in [1.82, 2.24) is 15.0 Å². The molecule has 0 bridgehead atoms. The highest BCUT2D eigenvalue weighted by molar-refractivity contribution is 7.26. The zero-order valence-electron chi connectivity index (χ0n) is 16.1. The van der Waals surface area contributed by atoms with Crippen LogP contribution in [0, 0.1) is 0 Å². The van der Waals surface area contributed by atoms with Crippen molar-refractivity contribution >= 4 is 43.4 Å². The molecule has 0 radical (unpaired) electrons. The quantitative estimate of drug-likeness (QED) is 0.661. The first-order valence-electron chi connectivity index (χ1n) is 10.6. The zero-order valence-corrected chi connectivity index (χ0v) is 16.9. The number of aromatic nitrogens is 3. The number of nitrogens with zero attached hydrogens (tertiary/aromatic N) is 5. The minimum Gasteiger partial charge on any atom is -0.378 e. The van der Waals surface area contributed by atoms with Crippen LogP contribution in [0.25, 0.3) is 20.4 Å². The summed E-state index contributed by atoms with van der Waals surface area (Å²) in [5.74, 6) is 2.32. The van der Waals surface area contributed by atoms with E-state index in [4.69, 9.17) is 14.7 Å². The number of morpholine rings is 1. The molecule has 0 amide bonds. The molecule has 0 N–H and O–H groups in total. The van der Waals surface area contributed by atoms with Crippen LogP contribution in [0.3, 0.4) is 0 Å². The fourth-order valence-electron chi connectivity index (χ4n) is 5.02. The maximum atomic E-state index is 5.58. The summed E-state index contributed by atoms with van der Waals surface area (Å²) in [6, 6.07) is 0. The summed E-state index contributed by atoms with van der Waals surface area (Å²) in [6.07, 6.45) is 9.06. The van der Waals surface area contributed by atoms with Crippen LogP contribution in [-0.4, -0.2) is 54.3 Å². The number of fused-ring (bicyclic) bond motifs is 5. The number of rotatable bonds is 2. The first-order valence-corrected chi connectivity index (χ1v) is 11.4. The van der Waals surface area contributed by atoms with E-state index in [1.54, 1.807) is 17.7 Å². The average molecular weight is 396 g/mol. The molecule has 6 rings (SSSR count). The second-order valence-corrected chi connectivity index (χ2v) is 9.05. The van der Waals surface area contributed by atoms with Crippen LogP contribution in [0.4, 0.5) is 11.6 Å².